The number of hydrogen-bond acceptors (Lipinski definition) is 7. The third-order valence-electron chi connectivity index (χ3n) is 2.57. The predicted octanol–water partition coefficient (Wildman–Crippen LogP) is 5.88. The van der Waals surface area contributed by atoms with E-state index in [1.165, 1.54) is 36.4 Å². The third kappa shape index (κ3) is 55.5. The monoisotopic (exact) mass is 638 g/mol. The van der Waals surface area contributed by atoms with E-state index in [1.807, 2.05) is 0 Å². The molecule has 0 saturated heterocycles. The van der Waals surface area contributed by atoms with Crippen molar-refractivity contribution in [2.24, 2.45) is 10.8 Å². The fourth-order valence-corrected chi connectivity index (χ4v) is 1.25. The van der Waals surface area contributed by atoms with E-state index in [0.29, 0.717) is 36.1 Å². The van der Waals surface area contributed by atoms with Crippen molar-refractivity contribution in [1.29, 1.82) is 0 Å². The SMILES string of the molecule is C=CCO.C=CCO.Nc1ccc(C(=O)O)cc1.Nc1ccc(C(=O)O)cc1.[CH2-]C(C)(C)C.[CH2-]C(C)(C)C.[O]=[Zr+2]. The summed E-state index contributed by atoms with van der Waals surface area (Å²) in [5, 5.41) is 32.4. The maximum atomic E-state index is 10.3. The van der Waals surface area contributed by atoms with E-state index in [0.717, 1.165) is 0 Å². The normalized spacial score (nSPS) is 9.00. The van der Waals surface area contributed by atoms with Gasteiger partial charge in [0.2, 0.25) is 0 Å². The van der Waals surface area contributed by atoms with Gasteiger partial charge in [-0.25, -0.2) is 9.59 Å². The molecule has 224 valence electrons. The number of aromatic carboxylic acids is 2. The number of nitrogens with two attached hydrogens (primary N) is 2. The van der Waals surface area contributed by atoms with Gasteiger partial charge in [0.15, 0.2) is 0 Å². The molecule has 0 aliphatic carbocycles. The summed E-state index contributed by atoms with van der Waals surface area (Å²) in [6.45, 7) is 26.6. The van der Waals surface area contributed by atoms with Crippen LogP contribution in [0, 0.1) is 24.7 Å². The molecule has 0 atom stereocenters. The Morgan fingerprint density at radius 2 is 0.850 bits per heavy atom. The van der Waals surface area contributed by atoms with Crippen LogP contribution >= 0.6 is 0 Å². The number of aliphatic hydroxyl groups is 2. The van der Waals surface area contributed by atoms with Crippen LogP contribution in [0.4, 0.5) is 11.4 Å². The number of hydrogen-bond donors (Lipinski definition) is 6. The first-order valence-corrected chi connectivity index (χ1v) is 12.8. The Morgan fingerprint density at radius 1 is 0.700 bits per heavy atom. The second kappa shape index (κ2) is 29.1. The van der Waals surface area contributed by atoms with Crippen LogP contribution in [0.15, 0.2) is 73.8 Å². The van der Waals surface area contributed by atoms with Gasteiger partial charge in [0.05, 0.1) is 24.3 Å². The standard InChI is InChI=1S/2C7H7NO2.2C5H11.2C3H6O.O.Zr/c2*8-6-3-1-5(2-4-6)7(9)10;2*1-5(2,3)4;2*1-2-3-4;;/h2*1-4H,8H2,(H,9,10);2*1H2,2-4H3;2*2,4H,1,3H2;;/q;;2*-1;;;;+2. The van der Waals surface area contributed by atoms with Gasteiger partial charge >= 0.3 is 39.5 Å². The Morgan fingerprint density at radius 3 is 0.950 bits per heavy atom. The molecule has 8 N–H and O–H groups in total. The molecule has 2 aromatic rings. The van der Waals surface area contributed by atoms with Gasteiger partial charge in [0.25, 0.3) is 0 Å². The molecular weight excluding hydrogens is 592 g/mol. The number of carboxylic acid groups (broad SMARTS) is 2. The van der Waals surface area contributed by atoms with Crippen molar-refractivity contribution < 1.29 is 57.6 Å². The van der Waals surface area contributed by atoms with Crippen LogP contribution < -0.4 is 11.5 Å². The van der Waals surface area contributed by atoms with Gasteiger partial charge in [-0.15, -0.1) is 13.2 Å². The first-order chi connectivity index (χ1) is 18.2. The first kappa shape index (κ1) is 46.9. The summed E-state index contributed by atoms with van der Waals surface area (Å²) in [6, 6.07) is 12.1. The molecule has 10 heteroatoms. The van der Waals surface area contributed by atoms with E-state index in [2.05, 4.69) is 68.5 Å². The summed E-state index contributed by atoms with van der Waals surface area (Å²) in [7, 11) is 0. The van der Waals surface area contributed by atoms with Crippen LogP contribution in [0.2, 0.25) is 0 Å². The summed E-state index contributed by atoms with van der Waals surface area (Å²) in [5.74, 6) is -1.86. The Labute approximate surface area is 255 Å². The summed E-state index contributed by atoms with van der Waals surface area (Å²) in [4.78, 5) is 20.5. The molecule has 2 rings (SSSR count). The van der Waals surface area contributed by atoms with Crippen molar-refractivity contribution in [3.63, 3.8) is 0 Å². The van der Waals surface area contributed by atoms with Crippen molar-refractivity contribution in [3.05, 3.63) is 98.8 Å². The number of aliphatic hydroxyl groups excluding tert-OH is 2. The number of rotatable bonds is 4. The molecule has 0 aliphatic rings. The Kier molecular flexibility index (Phi) is 34.1. The summed E-state index contributed by atoms with van der Waals surface area (Å²) in [5.41, 5.74) is 12.8. The molecule has 0 amide bonds. The number of carbonyl (C=O) groups is 2. The molecule has 0 aromatic heterocycles. The molecule has 9 nitrogen and oxygen atoms in total. The molecule has 0 spiro atoms. The van der Waals surface area contributed by atoms with Gasteiger partial charge in [-0.3, -0.25) is 0 Å². The van der Waals surface area contributed by atoms with Gasteiger partial charge in [-0.2, -0.15) is 10.8 Å². The number of nitrogen functional groups attached to an aromatic ring is 2. The van der Waals surface area contributed by atoms with E-state index in [-0.39, 0.29) is 35.2 Å². The van der Waals surface area contributed by atoms with Gasteiger partial charge in [0, 0.05) is 11.4 Å². The Hall–Kier alpha value is -2.94. The molecule has 0 aliphatic heterocycles. The van der Waals surface area contributed by atoms with Crippen molar-refractivity contribution in [1.82, 2.24) is 0 Å². The van der Waals surface area contributed by atoms with Crippen LogP contribution in [0.1, 0.15) is 62.3 Å². The molecule has 0 unspecified atom stereocenters. The zero-order valence-corrected chi connectivity index (χ0v) is 27.1. The van der Waals surface area contributed by atoms with Crippen molar-refractivity contribution in [2.45, 2.75) is 41.5 Å². The molecular formula is C30H48N2O7Zr. The minimum absolute atomic E-state index is 0.0833. The summed E-state index contributed by atoms with van der Waals surface area (Å²) >= 11 is 0.300. The quantitative estimate of drug-likeness (QED) is 0.135. The third-order valence-corrected chi connectivity index (χ3v) is 2.57. The molecule has 0 saturated carbocycles. The fraction of sp³-hybridized carbons (Fsp3) is 0.333. The van der Waals surface area contributed by atoms with E-state index >= 15 is 0 Å². The van der Waals surface area contributed by atoms with E-state index in [4.69, 9.17) is 34.7 Å². The topological polar surface area (TPSA) is 184 Å². The Balaban J connectivity index is -0.000000127. The predicted molar refractivity (Wildman–Crippen MR) is 161 cm³/mol. The van der Waals surface area contributed by atoms with Crippen molar-refractivity contribution in [3.8, 4) is 0 Å². The van der Waals surface area contributed by atoms with Crippen LogP contribution in [-0.2, 0) is 27.5 Å². The molecule has 0 fully saturated rings. The van der Waals surface area contributed by atoms with E-state index in [1.54, 1.807) is 24.3 Å². The van der Waals surface area contributed by atoms with E-state index in [9.17, 15) is 9.59 Å². The average molecular weight is 640 g/mol. The van der Waals surface area contributed by atoms with E-state index < -0.39 is 11.9 Å². The van der Waals surface area contributed by atoms with Crippen LogP contribution in [-0.4, -0.2) is 45.6 Å². The van der Waals surface area contributed by atoms with Crippen LogP contribution in [0.5, 0.6) is 0 Å². The van der Waals surface area contributed by atoms with Gasteiger partial charge in [-0.1, -0.05) is 53.7 Å². The number of benzene rings is 2. The molecule has 40 heavy (non-hydrogen) atoms. The zero-order chi connectivity index (χ0) is 32.9. The zero-order valence-electron chi connectivity index (χ0n) is 24.7. The second-order valence-electron chi connectivity index (χ2n) is 9.92. The first-order valence-electron chi connectivity index (χ1n) is 11.8. The number of anilines is 2. The van der Waals surface area contributed by atoms with Crippen molar-refractivity contribution >= 4 is 23.3 Å². The molecule has 0 radical (unpaired) electrons. The fourth-order valence-electron chi connectivity index (χ4n) is 1.25. The summed E-state index contributed by atoms with van der Waals surface area (Å²) < 4.78 is 8.34. The average Bonchev–Trinajstić information content (AvgIpc) is 2.84. The van der Waals surface area contributed by atoms with Crippen LogP contribution in [0.3, 0.4) is 0 Å². The van der Waals surface area contributed by atoms with Crippen molar-refractivity contribution in [2.75, 3.05) is 24.7 Å². The summed E-state index contributed by atoms with van der Waals surface area (Å²) in [6.07, 6.45) is 2.86. The molecule has 0 bridgehead atoms. The second-order valence-corrected chi connectivity index (χ2v) is 9.92. The number of carboxylic acids is 2. The van der Waals surface area contributed by atoms with Crippen LogP contribution in [0.25, 0.3) is 0 Å². The van der Waals surface area contributed by atoms with Gasteiger partial charge in [0.1, 0.15) is 0 Å². The van der Waals surface area contributed by atoms with Gasteiger partial charge in [-0.05, 0) is 48.5 Å². The molecule has 0 heterocycles. The van der Waals surface area contributed by atoms with Gasteiger partial charge < -0.3 is 45.7 Å². The molecule has 2 aromatic carbocycles. The minimum atomic E-state index is -0.931. The Bertz CT molecular complexity index is 816. The maximum absolute atomic E-state index is 10.3.